The Morgan fingerprint density at radius 1 is 1.22 bits per heavy atom. The summed E-state index contributed by atoms with van der Waals surface area (Å²) in [5.41, 5.74) is 0.401. The van der Waals surface area contributed by atoms with Crippen LogP contribution in [0, 0.1) is 17.8 Å². The van der Waals surface area contributed by atoms with Gasteiger partial charge in [0.1, 0.15) is 11.9 Å². The van der Waals surface area contributed by atoms with E-state index in [-0.39, 0.29) is 41.7 Å². The average molecular weight is 654 g/mol. The summed E-state index contributed by atoms with van der Waals surface area (Å²) in [5, 5.41) is 5.94. The molecule has 5 rings (SSSR count). The molecule has 0 radical (unpaired) electrons. The number of likely N-dealkylation sites (tertiary alicyclic amines) is 1. The summed E-state index contributed by atoms with van der Waals surface area (Å²) in [4.78, 5) is 18.3. The minimum Gasteiger partial charge on any atom is -0.480 e. The zero-order valence-corrected chi connectivity index (χ0v) is 25.1. The lowest BCUT2D eigenvalue weighted by molar-refractivity contribution is -0.128. The normalized spacial score (nSPS) is 20.3. The van der Waals surface area contributed by atoms with E-state index in [0.717, 1.165) is 18.9 Å². The minimum atomic E-state index is -4.55. The minimum absolute atomic E-state index is 0.0132. The Morgan fingerprint density at radius 2 is 2.02 bits per heavy atom. The van der Waals surface area contributed by atoms with Gasteiger partial charge in [0.2, 0.25) is 15.9 Å². The first kappa shape index (κ1) is 28.4. The van der Waals surface area contributed by atoms with Crippen molar-refractivity contribution in [2.24, 2.45) is 5.92 Å². The summed E-state index contributed by atoms with van der Waals surface area (Å²) in [5.74, 6) is 3.62. The molecule has 4 heterocycles. The number of alkyl halides is 4. The number of nitrogens with one attached hydrogen (secondary N) is 3. The summed E-state index contributed by atoms with van der Waals surface area (Å²) < 4.78 is 111. The number of methoxy groups -OCH3 is 1. The van der Waals surface area contributed by atoms with Gasteiger partial charge in [-0.1, -0.05) is 11.8 Å². The lowest BCUT2D eigenvalue weighted by Crippen LogP contribution is -2.46. The molecule has 45 heavy (non-hydrogen) atoms. The topological polar surface area (TPSA) is 117 Å². The molecule has 0 bridgehead atoms. The van der Waals surface area contributed by atoms with Gasteiger partial charge in [-0.2, -0.15) is 13.2 Å². The second kappa shape index (κ2) is 13.1. The number of aromatic nitrogens is 2. The van der Waals surface area contributed by atoms with Crippen LogP contribution in [0.15, 0.2) is 36.5 Å². The Morgan fingerprint density at radius 3 is 2.73 bits per heavy atom. The van der Waals surface area contributed by atoms with Crippen LogP contribution in [0.3, 0.4) is 0 Å². The number of pyridine rings is 2. The number of carbonyl (C=O) groups excluding carboxylic acids is 1. The van der Waals surface area contributed by atoms with Crippen LogP contribution in [0.1, 0.15) is 45.1 Å². The molecule has 1 aliphatic heterocycles. The average Bonchev–Trinajstić information content (AvgIpc) is 3.70. The van der Waals surface area contributed by atoms with E-state index >= 15 is 0 Å². The number of piperidine rings is 1. The zero-order valence-electron chi connectivity index (χ0n) is 27.2. The number of rotatable bonds is 10. The molecule has 1 saturated carbocycles. The van der Waals surface area contributed by atoms with Crippen molar-refractivity contribution in [2.75, 3.05) is 50.1 Å². The highest BCUT2D eigenvalue weighted by Crippen LogP contribution is 2.31. The smallest absolute Gasteiger partial charge is 0.394 e. The van der Waals surface area contributed by atoms with Crippen molar-refractivity contribution in [1.82, 2.24) is 19.0 Å². The van der Waals surface area contributed by atoms with Gasteiger partial charge in [0.25, 0.3) is 5.91 Å². The summed E-state index contributed by atoms with van der Waals surface area (Å²) >= 11 is 0. The maximum Gasteiger partial charge on any atom is 0.394 e. The highest BCUT2D eigenvalue weighted by molar-refractivity contribution is 7.90. The lowest BCUT2D eigenvalue weighted by atomic mass is 10.0. The monoisotopic (exact) mass is 653 g/mol. The molecule has 1 aliphatic carbocycles. The zero-order chi connectivity index (χ0) is 34.9. The first-order chi connectivity index (χ1) is 22.5. The molecule has 10 nitrogen and oxygen atoms in total. The molecule has 242 valence electrons. The third-order valence-electron chi connectivity index (χ3n) is 7.55. The molecule has 2 atom stereocenters. The van der Waals surface area contributed by atoms with Crippen molar-refractivity contribution < 1.29 is 39.6 Å². The molecule has 3 aromatic rings. The quantitative estimate of drug-likeness (QED) is 0.224. The van der Waals surface area contributed by atoms with Gasteiger partial charge >= 0.3 is 6.18 Å². The maximum atomic E-state index is 14.7. The van der Waals surface area contributed by atoms with E-state index in [1.165, 1.54) is 22.7 Å². The van der Waals surface area contributed by atoms with Crippen LogP contribution in [0.5, 0.6) is 5.88 Å². The van der Waals surface area contributed by atoms with Gasteiger partial charge in [0.05, 0.1) is 52.8 Å². The molecule has 15 heteroatoms. The van der Waals surface area contributed by atoms with Crippen molar-refractivity contribution in [3.05, 3.63) is 53.5 Å². The van der Waals surface area contributed by atoms with Crippen molar-refractivity contribution in [1.29, 1.82) is 0 Å². The standard InChI is InChI=1S/C30H34F4N6O4S/c1-39-14-11-22(21(31)17-39)36-23-6-4-13-40-26(23)15-20(27(40)16-30(32,33)34)5-3-12-35-25-10-9-24(37-29(25)44-2)28(41)38-45(42,43)18-19-7-8-19/h4,6,9-10,13,15,19,21-22,35-36H,7-8,11-12,14,16-18H2,1-2H3,(H,38,41)/t21-,22+/m0/s1/i2D3. The summed E-state index contributed by atoms with van der Waals surface area (Å²) in [6, 6.07) is 6.63. The van der Waals surface area contributed by atoms with Gasteiger partial charge in [-0.05, 0) is 62.6 Å². The highest BCUT2D eigenvalue weighted by atomic mass is 32.2. The van der Waals surface area contributed by atoms with E-state index in [9.17, 15) is 30.8 Å². The van der Waals surface area contributed by atoms with Crippen molar-refractivity contribution >= 4 is 32.8 Å². The molecule has 0 unspecified atom stereocenters. The predicted octanol–water partition coefficient (Wildman–Crippen LogP) is 3.84. The Hall–Kier alpha value is -4.03. The van der Waals surface area contributed by atoms with Crippen LogP contribution < -0.4 is 20.1 Å². The van der Waals surface area contributed by atoms with Gasteiger partial charge in [0, 0.05) is 30.5 Å². The molecule has 3 N–H and O–H groups in total. The predicted molar refractivity (Wildman–Crippen MR) is 162 cm³/mol. The fourth-order valence-electron chi connectivity index (χ4n) is 5.16. The molecule has 2 fully saturated rings. The fraction of sp³-hybridized carbons (Fsp3) is 0.467. The van der Waals surface area contributed by atoms with Crippen molar-refractivity contribution in [2.45, 2.75) is 44.1 Å². The number of ether oxygens (including phenoxy) is 1. The van der Waals surface area contributed by atoms with E-state index in [4.69, 9.17) is 8.85 Å². The molecule has 3 aromatic heterocycles. The van der Waals surface area contributed by atoms with E-state index in [2.05, 4.69) is 27.5 Å². The third-order valence-corrected chi connectivity index (χ3v) is 8.96. The van der Waals surface area contributed by atoms with Gasteiger partial charge in [0.15, 0.2) is 0 Å². The molecular weight excluding hydrogens is 616 g/mol. The highest BCUT2D eigenvalue weighted by Gasteiger charge is 2.32. The SMILES string of the molecule is [2H]C([2H])([2H])Oc1nc(C(=O)NS(=O)(=O)CC2CC2)ccc1NCC#Cc1cc2c(N[C@@H]3CCN(C)C[C@@H]3F)cccn2c1CC(F)(F)F. The summed E-state index contributed by atoms with van der Waals surface area (Å²) in [7, 11) is -5.09. The molecular formula is C30H34F4N6O4S. The first-order valence-corrected chi connectivity index (χ1v) is 15.9. The number of nitrogens with zero attached hydrogens (tertiary/aromatic N) is 3. The van der Waals surface area contributed by atoms with Crippen LogP contribution >= 0.6 is 0 Å². The van der Waals surface area contributed by atoms with Gasteiger partial charge in [-0.15, -0.1) is 0 Å². The fourth-order valence-corrected chi connectivity index (χ4v) is 6.59. The molecule has 0 aromatic carbocycles. The number of anilines is 2. The Labute approximate surface area is 262 Å². The van der Waals surface area contributed by atoms with Crippen molar-refractivity contribution in [3.8, 4) is 17.7 Å². The number of halogens is 4. The van der Waals surface area contributed by atoms with Crippen LogP contribution in [0.4, 0.5) is 28.9 Å². The van der Waals surface area contributed by atoms with Crippen LogP contribution in [0.25, 0.3) is 5.52 Å². The molecule has 1 amide bonds. The molecule has 0 spiro atoms. The second-order valence-electron chi connectivity index (χ2n) is 11.3. The first-order valence-electron chi connectivity index (χ1n) is 15.7. The number of amides is 1. The van der Waals surface area contributed by atoms with Crippen LogP contribution in [0.2, 0.25) is 0 Å². The number of hydrogen-bond donors (Lipinski definition) is 3. The largest absolute Gasteiger partial charge is 0.480 e. The number of hydrogen-bond acceptors (Lipinski definition) is 8. The van der Waals surface area contributed by atoms with Crippen molar-refractivity contribution in [3.63, 3.8) is 0 Å². The molecule has 2 aliphatic rings. The Bertz CT molecular complexity index is 1840. The van der Waals surface area contributed by atoms with E-state index in [0.29, 0.717) is 24.2 Å². The van der Waals surface area contributed by atoms with E-state index in [1.54, 1.807) is 12.1 Å². The van der Waals surface area contributed by atoms with Gasteiger partial charge in [-0.25, -0.2) is 22.5 Å². The van der Waals surface area contributed by atoms with Gasteiger partial charge < -0.3 is 24.7 Å². The molecule has 1 saturated heterocycles. The Balaban J connectivity index is 1.37. The third kappa shape index (κ3) is 8.37. The number of sulfonamides is 1. The van der Waals surface area contributed by atoms with Crippen LogP contribution in [-0.2, 0) is 16.4 Å². The number of carbonyl (C=O) groups is 1. The van der Waals surface area contributed by atoms with E-state index < -0.39 is 59.4 Å². The Kier molecular flexibility index (Phi) is 8.31. The number of fused-ring (bicyclic) bond motifs is 1. The second-order valence-corrected chi connectivity index (χ2v) is 13.0. The summed E-state index contributed by atoms with van der Waals surface area (Å²) in [6.07, 6.45) is -3.51. The maximum absolute atomic E-state index is 14.7. The van der Waals surface area contributed by atoms with E-state index in [1.807, 2.05) is 16.7 Å². The van der Waals surface area contributed by atoms with Crippen LogP contribution in [-0.4, -0.2) is 86.5 Å². The summed E-state index contributed by atoms with van der Waals surface area (Å²) in [6.45, 7) is 0.693. The van der Waals surface area contributed by atoms with Gasteiger partial charge in [-0.3, -0.25) is 4.79 Å². The lowest BCUT2D eigenvalue weighted by Gasteiger charge is -2.33.